The van der Waals surface area contributed by atoms with Gasteiger partial charge in [-0.1, -0.05) is 0 Å². The monoisotopic (exact) mass is 401 g/mol. The van der Waals surface area contributed by atoms with Gasteiger partial charge in [-0.2, -0.15) is 0 Å². The predicted octanol–water partition coefficient (Wildman–Crippen LogP) is 2.27. The highest BCUT2D eigenvalue weighted by Crippen LogP contribution is 2.44. The molecule has 0 aromatic carbocycles. The van der Waals surface area contributed by atoms with Crippen molar-refractivity contribution < 1.29 is 19.8 Å². The van der Waals surface area contributed by atoms with E-state index in [2.05, 4.69) is 14.1 Å². The molecule has 0 bridgehead atoms. The maximum atomic E-state index is 12.5. The second-order valence-corrected chi connectivity index (χ2v) is 9.97. The molecule has 8 nitrogen and oxygen atoms in total. The number of aliphatic hydroxyl groups excluding tert-OH is 1. The zero-order valence-corrected chi connectivity index (χ0v) is 18.2. The Labute approximate surface area is 166 Å². The van der Waals surface area contributed by atoms with E-state index >= 15 is 0 Å². The quantitative estimate of drug-likeness (QED) is 0.689. The minimum Gasteiger partial charge on any atom is -0.473 e. The van der Waals surface area contributed by atoms with E-state index in [-0.39, 0.29) is 23.9 Å². The van der Waals surface area contributed by atoms with Crippen molar-refractivity contribution >= 4 is 11.7 Å². The highest BCUT2D eigenvalue weighted by Gasteiger charge is 2.52. The second-order valence-electron chi connectivity index (χ2n) is 9.44. The Kier molecular flexibility index (Phi) is 6.74. The van der Waals surface area contributed by atoms with E-state index in [0.717, 1.165) is 18.1 Å². The van der Waals surface area contributed by atoms with Crippen LogP contribution in [0.2, 0.25) is 0 Å². The Morgan fingerprint density at radius 2 is 1.85 bits per heavy atom. The lowest BCUT2D eigenvalue weighted by Crippen LogP contribution is -2.47. The average Bonchev–Trinajstić information content (AvgIpc) is 3.05. The zero-order valence-electron chi connectivity index (χ0n) is 17.4. The largest absolute Gasteiger partial charge is 0.473 e. The SMILES string of the molecule is CC(C)(C)NC[C@H](O)COc1nsnc1OCC1CC(C)(C)N([O])C1(C)C. The van der Waals surface area contributed by atoms with Crippen molar-refractivity contribution in [2.24, 2.45) is 5.92 Å². The number of hydrogen-bond acceptors (Lipinski definition) is 8. The number of β-amino-alcohol motifs (C(OH)–C–C–N with tert-alkyl or cyclic N) is 1. The van der Waals surface area contributed by atoms with Crippen molar-refractivity contribution in [1.82, 2.24) is 19.1 Å². The summed E-state index contributed by atoms with van der Waals surface area (Å²) >= 11 is 0.999. The molecule has 1 radical (unpaired) electrons. The Morgan fingerprint density at radius 3 is 2.37 bits per heavy atom. The first-order valence-corrected chi connectivity index (χ1v) is 10.0. The number of nitrogens with one attached hydrogen (secondary N) is 1. The number of ether oxygens (including phenoxy) is 2. The molecule has 0 amide bonds. The molecule has 1 fully saturated rings. The van der Waals surface area contributed by atoms with Gasteiger partial charge in [-0.05, 0) is 54.9 Å². The summed E-state index contributed by atoms with van der Waals surface area (Å²) in [6.45, 7) is 14.8. The molecule has 0 aliphatic carbocycles. The predicted molar refractivity (Wildman–Crippen MR) is 103 cm³/mol. The van der Waals surface area contributed by atoms with Crippen LogP contribution in [-0.4, -0.2) is 61.4 Å². The molecule has 0 spiro atoms. The first-order chi connectivity index (χ1) is 12.3. The minimum absolute atomic E-state index is 0.0705. The lowest BCUT2D eigenvalue weighted by atomic mass is 9.88. The summed E-state index contributed by atoms with van der Waals surface area (Å²) in [5.74, 6) is 0.666. The van der Waals surface area contributed by atoms with Gasteiger partial charge in [-0.15, -0.1) is 19.0 Å². The summed E-state index contributed by atoms with van der Waals surface area (Å²) in [4.78, 5) is 0. The number of nitrogens with zero attached hydrogens (tertiary/aromatic N) is 3. The lowest BCUT2D eigenvalue weighted by molar-refractivity contribution is -0.249. The van der Waals surface area contributed by atoms with E-state index in [1.165, 1.54) is 5.06 Å². The normalized spacial score (nSPS) is 23.4. The van der Waals surface area contributed by atoms with Crippen molar-refractivity contribution in [3.63, 3.8) is 0 Å². The third-order valence-corrected chi connectivity index (χ3v) is 5.45. The van der Waals surface area contributed by atoms with E-state index in [0.29, 0.717) is 19.0 Å². The summed E-state index contributed by atoms with van der Waals surface area (Å²) in [6.07, 6.45) is 0.0800. The van der Waals surface area contributed by atoms with Crippen LogP contribution in [0.4, 0.5) is 0 Å². The van der Waals surface area contributed by atoms with Crippen LogP contribution >= 0.6 is 11.7 Å². The van der Waals surface area contributed by atoms with Gasteiger partial charge in [-0.25, -0.2) is 0 Å². The fraction of sp³-hybridized carbons (Fsp3) is 0.889. The van der Waals surface area contributed by atoms with Crippen molar-refractivity contribution in [2.45, 2.75) is 77.6 Å². The first kappa shape index (κ1) is 22.3. The standard InChI is InChI=1S/C18H33N4O4S/c1-16(2,3)19-9-13(23)11-26-15-14(20-27-21-15)25-10-12-8-17(4,5)22(24)18(12,6)7/h12-13,19,23H,8-11H2,1-7H3/t12?,13-/m0/s1. The maximum Gasteiger partial charge on any atom is 0.291 e. The Balaban J connectivity index is 1.87. The van der Waals surface area contributed by atoms with Crippen LogP contribution in [-0.2, 0) is 5.21 Å². The summed E-state index contributed by atoms with van der Waals surface area (Å²) in [5.41, 5.74) is -1.00. The van der Waals surface area contributed by atoms with Gasteiger partial charge < -0.3 is 19.9 Å². The van der Waals surface area contributed by atoms with Gasteiger partial charge in [0.2, 0.25) is 0 Å². The van der Waals surface area contributed by atoms with Gasteiger partial charge in [-0.3, -0.25) is 0 Å². The fourth-order valence-corrected chi connectivity index (χ4v) is 3.78. The summed E-state index contributed by atoms with van der Waals surface area (Å²) in [5, 5.41) is 26.9. The van der Waals surface area contributed by atoms with E-state index in [9.17, 15) is 10.3 Å². The Morgan fingerprint density at radius 1 is 1.26 bits per heavy atom. The highest BCUT2D eigenvalue weighted by molar-refractivity contribution is 6.99. The topological polar surface area (TPSA) is 99.6 Å². The molecule has 1 aliphatic rings. The smallest absolute Gasteiger partial charge is 0.291 e. The number of aromatic nitrogens is 2. The lowest BCUT2D eigenvalue weighted by Gasteiger charge is -2.33. The van der Waals surface area contributed by atoms with E-state index < -0.39 is 17.2 Å². The molecule has 1 saturated heterocycles. The summed E-state index contributed by atoms with van der Waals surface area (Å²) in [7, 11) is 0. The molecule has 0 saturated carbocycles. The molecule has 1 aromatic heterocycles. The molecule has 1 aromatic rings. The number of hydroxylamine groups is 2. The molecule has 2 heterocycles. The molecule has 2 atom stereocenters. The van der Waals surface area contributed by atoms with Crippen LogP contribution in [0.5, 0.6) is 11.8 Å². The van der Waals surface area contributed by atoms with Gasteiger partial charge >= 0.3 is 0 Å². The van der Waals surface area contributed by atoms with Gasteiger partial charge in [0.15, 0.2) is 0 Å². The Bertz CT molecular complexity index is 615. The summed E-state index contributed by atoms with van der Waals surface area (Å²) in [6, 6.07) is 0. The molecule has 155 valence electrons. The second kappa shape index (κ2) is 8.16. The fourth-order valence-electron chi connectivity index (χ4n) is 3.33. The van der Waals surface area contributed by atoms with Gasteiger partial charge in [0.1, 0.15) is 12.7 Å². The zero-order chi connectivity index (χ0) is 20.5. The Hall–Kier alpha value is -1.00. The van der Waals surface area contributed by atoms with Crippen LogP contribution in [0.25, 0.3) is 0 Å². The highest BCUT2D eigenvalue weighted by atomic mass is 32.1. The number of aliphatic hydroxyl groups is 1. The molecular formula is C18H33N4O4S. The minimum atomic E-state index is -0.664. The molecule has 27 heavy (non-hydrogen) atoms. The van der Waals surface area contributed by atoms with Crippen LogP contribution in [0.3, 0.4) is 0 Å². The maximum absolute atomic E-state index is 12.5. The third-order valence-electron chi connectivity index (χ3n) is 4.95. The molecule has 1 unspecified atom stereocenters. The van der Waals surface area contributed by atoms with Crippen LogP contribution < -0.4 is 14.8 Å². The van der Waals surface area contributed by atoms with Crippen LogP contribution in [0, 0.1) is 5.92 Å². The van der Waals surface area contributed by atoms with Gasteiger partial charge in [0.25, 0.3) is 11.8 Å². The van der Waals surface area contributed by atoms with Crippen molar-refractivity contribution in [3.8, 4) is 11.8 Å². The molecule has 9 heteroatoms. The van der Waals surface area contributed by atoms with Crippen LogP contribution in [0.15, 0.2) is 0 Å². The van der Waals surface area contributed by atoms with Crippen molar-refractivity contribution in [3.05, 3.63) is 0 Å². The van der Waals surface area contributed by atoms with E-state index in [1.807, 2.05) is 48.5 Å². The van der Waals surface area contributed by atoms with Crippen LogP contribution in [0.1, 0.15) is 54.9 Å². The molecule has 2 N–H and O–H groups in total. The molecule has 2 rings (SSSR count). The van der Waals surface area contributed by atoms with Gasteiger partial charge in [0, 0.05) is 23.5 Å². The molecular weight excluding hydrogens is 368 g/mol. The number of rotatable bonds is 8. The third kappa shape index (κ3) is 5.74. The van der Waals surface area contributed by atoms with Crippen molar-refractivity contribution in [1.29, 1.82) is 0 Å². The van der Waals surface area contributed by atoms with Crippen molar-refractivity contribution in [2.75, 3.05) is 19.8 Å². The van der Waals surface area contributed by atoms with E-state index in [4.69, 9.17) is 9.47 Å². The summed E-state index contributed by atoms with van der Waals surface area (Å²) < 4.78 is 19.7. The van der Waals surface area contributed by atoms with Gasteiger partial charge in [0.05, 0.1) is 23.9 Å². The first-order valence-electron chi connectivity index (χ1n) is 9.31. The van der Waals surface area contributed by atoms with E-state index in [1.54, 1.807) is 0 Å². The average molecular weight is 402 g/mol. The molecule has 1 aliphatic heterocycles. The number of hydrogen-bond donors (Lipinski definition) is 2.